The lowest BCUT2D eigenvalue weighted by Crippen LogP contribution is -2.61. The largest absolute Gasteiger partial charge is 0.310 e. The van der Waals surface area contributed by atoms with Crippen LogP contribution in [0.2, 0.25) is 0 Å². The summed E-state index contributed by atoms with van der Waals surface area (Å²) in [6.07, 6.45) is 8.41. The van der Waals surface area contributed by atoms with Gasteiger partial charge in [-0.1, -0.05) is 310 Å². The first-order valence-electron chi connectivity index (χ1n) is 38.8. The van der Waals surface area contributed by atoms with Crippen molar-refractivity contribution < 1.29 is 0 Å². The molecule has 0 bridgehead atoms. The molecule has 6 heterocycles. The molecule has 0 spiro atoms. The van der Waals surface area contributed by atoms with Crippen molar-refractivity contribution in [3.63, 3.8) is 0 Å². The molecular weight excluding hydrogens is 1320 g/mol. The Kier molecular flexibility index (Phi) is 16.1. The SMILES string of the molecule is CC(C)(C)c1ccc(-c2cc3c4c(c2)N(c2c(-c5ccccc5)cncc2-c2ccccc2)c2cc(-n5c6cc(C(C)(C)C)ccc6c6ccc(C(C)(C)C)cc65)ccc2B4c2ccc(-n4c5cc(C(C)(C)C)ccc5c5ccc(C(C)(C)C)cc54)cc2N3c2c(-c3ccccc3)cncc2-c2ccccc2)cc1. The number of hydrogen-bond donors (Lipinski definition) is 0. The van der Waals surface area contributed by atoms with Gasteiger partial charge in [-0.3, -0.25) is 9.97 Å². The molecule has 6 nitrogen and oxygen atoms in total. The van der Waals surface area contributed by atoms with Crippen molar-refractivity contribution in [2.45, 2.75) is 131 Å². The van der Waals surface area contributed by atoms with Gasteiger partial charge in [0.1, 0.15) is 0 Å². The van der Waals surface area contributed by atoms with Gasteiger partial charge < -0.3 is 18.9 Å². The fourth-order valence-electron chi connectivity index (χ4n) is 17.2. The number of rotatable bonds is 9. The monoisotopic (exact) mass is 1410 g/mol. The van der Waals surface area contributed by atoms with Gasteiger partial charge in [0.2, 0.25) is 0 Å². The molecule has 7 heteroatoms. The smallest absolute Gasteiger partial charge is 0.252 e. The van der Waals surface area contributed by atoms with Gasteiger partial charge in [0, 0.05) is 103 Å². The van der Waals surface area contributed by atoms with Crippen LogP contribution in [0.1, 0.15) is 132 Å². The normalized spacial score (nSPS) is 13.2. The van der Waals surface area contributed by atoms with Gasteiger partial charge in [-0.25, -0.2) is 0 Å². The summed E-state index contributed by atoms with van der Waals surface area (Å²) < 4.78 is 5.16. The fraction of sp³-hybridized carbons (Fsp3) is 0.196. The van der Waals surface area contributed by atoms with Crippen LogP contribution < -0.4 is 26.2 Å². The maximum absolute atomic E-state index is 5.25. The summed E-state index contributed by atoms with van der Waals surface area (Å²) in [6.45, 7) is 34.6. The Balaban J connectivity index is 1.04. The van der Waals surface area contributed by atoms with Gasteiger partial charge in [-0.2, -0.15) is 0 Å². The zero-order chi connectivity index (χ0) is 75.4. The first-order valence-corrected chi connectivity index (χ1v) is 38.8. The standard InChI is InChI=1S/C102H93BN6/c1-98(2,3)70-38-36-64(37-39-70)69-52-93-95-94(53-69)109(97-83(67-32-24-18-25-33-67)62-105-63-84(97)68-34-26-19-27-35-68)92-59-76(107-89-56-73(101(10,11)12)42-48-79(89)80-49-43-74(57-90(80)107)102(13,14)15)45-51-86(92)103(95)85-50-44-75(106-87-54-71(99(4,5)6)40-46-77(87)78-47-41-72(55-88(78)106)100(7,8)9)58-91(85)108(93)96-81(65-28-20-16-21-29-65)60-104-61-82(96)66-30-22-17-23-31-66/h16-63H,1-15H3. The summed E-state index contributed by atoms with van der Waals surface area (Å²) in [5.74, 6) is 0. The van der Waals surface area contributed by atoms with Gasteiger partial charge in [-0.05, 0) is 165 Å². The number of nitrogens with zero attached hydrogens (tertiary/aromatic N) is 6. The molecule has 0 saturated heterocycles. The van der Waals surface area contributed by atoms with E-state index in [9.17, 15) is 0 Å². The predicted octanol–water partition coefficient (Wildman–Crippen LogP) is 25.6. The van der Waals surface area contributed by atoms with Crippen molar-refractivity contribution >= 4 is 101 Å². The average molecular weight is 1410 g/mol. The predicted molar refractivity (Wildman–Crippen MR) is 465 cm³/mol. The molecule has 0 aliphatic carbocycles. The van der Waals surface area contributed by atoms with Gasteiger partial charge in [0.25, 0.3) is 6.71 Å². The molecule has 109 heavy (non-hydrogen) atoms. The summed E-state index contributed by atoms with van der Waals surface area (Å²) in [4.78, 5) is 15.8. The van der Waals surface area contributed by atoms with Crippen molar-refractivity contribution in [2.75, 3.05) is 9.80 Å². The number of fused-ring (bicyclic) bond motifs is 10. The molecule has 0 amide bonds. The zero-order valence-electron chi connectivity index (χ0n) is 65.5. The van der Waals surface area contributed by atoms with Gasteiger partial charge >= 0.3 is 0 Å². The van der Waals surface area contributed by atoms with E-state index in [-0.39, 0.29) is 33.8 Å². The third-order valence-electron chi connectivity index (χ3n) is 23.3. The Morgan fingerprint density at radius 2 is 0.532 bits per heavy atom. The van der Waals surface area contributed by atoms with E-state index < -0.39 is 0 Å². The van der Waals surface area contributed by atoms with E-state index in [1.54, 1.807) is 0 Å². The average Bonchev–Trinajstić information content (AvgIpc) is 1.06. The summed E-state index contributed by atoms with van der Waals surface area (Å²) in [5, 5.41) is 4.92. The van der Waals surface area contributed by atoms with E-state index in [1.165, 1.54) is 87.8 Å². The van der Waals surface area contributed by atoms with Crippen LogP contribution in [0.3, 0.4) is 0 Å². The molecule has 0 N–H and O–H groups in total. The molecule has 12 aromatic carbocycles. The van der Waals surface area contributed by atoms with Crippen LogP contribution in [-0.2, 0) is 27.1 Å². The molecule has 2 aliphatic heterocycles. The van der Waals surface area contributed by atoms with E-state index in [0.717, 1.165) is 101 Å². The maximum Gasteiger partial charge on any atom is 0.252 e. The van der Waals surface area contributed by atoms with Crippen molar-refractivity contribution in [2.24, 2.45) is 0 Å². The topological polar surface area (TPSA) is 42.1 Å². The van der Waals surface area contributed by atoms with Crippen molar-refractivity contribution in [3.8, 4) is 67.0 Å². The second-order valence-corrected chi connectivity index (χ2v) is 35.6. The lowest BCUT2D eigenvalue weighted by molar-refractivity contribution is 0.590. The Morgan fingerprint density at radius 3 is 0.817 bits per heavy atom. The minimum Gasteiger partial charge on any atom is -0.310 e. The molecule has 16 aromatic rings. The lowest BCUT2D eigenvalue weighted by atomic mass is 9.33. The number of hydrogen-bond acceptors (Lipinski definition) is 4. The van der Waals surface area contributed by atoms with Crippen LogP contribution in [0, 0.1) is 0 Å². The molecule has 0 unspecified atom stereocenters. The van der Waals surface area contributed by atoms with Crippen LogP contribution in [-0.4, -0.2) is 25.8 Å². The minimum atomic E-state index is -0.302. The third-order valence-corrected chi connectivity index (χ3v) is 23.3. The molecule has 4 aromatic heterocycles. The first-order chi connectivity index (χ1) is 52.2. The minimum absolute atomic E-state index is 0.0753. The molecular formula is C102H93BN6. The van der Waals surface area contributed by atoms with Crippen molar-refractivity contribution in [1.29, 1.82) is 0 Å². The van der Waals surface area contributed by atoms with E-state index in [0.29, 0.717) is 0 Å². The summed E-state index contributed by atoms with van der Waals surface area (Å²) in [6, 6.07) is 102. The first kappa shape index (κ1) is 69.0. The highest BCUT2D eigenvalue weighted by Crippen LogP contribution is 2.55. The molecule has 0 fully saturated rings. The molecule has 0 atom stereocenters. The van der Waals surface area contributed by atoms with Crippen LogP contribution in [0.25, 0.3) is 111 Å². The quantitative estimate of drug-likeness (QED) is 0.135. The molecule has 2 aliphatic rings. The van der Waals surface area contributed by atoms with Gasteiger partial charge in [0.15, 0.2) is 0 Å². The molecule has 18 rings (SSSR count). The zero-order valence-corrected chi connectivity index (χ0v) is 65.5. The van der Waals surface area contributed by atoms with E-state index >= 15 is 0 Å². The maximum atomic E-state index is 5.25. The highest BCUT2D eigenvalue weighted by atomic mass is 15.2. The highest BCUT2D eigenvalue weighted by Gasteiger charge is 2.46. The Morgan fingerprint density at radius 1 is 0.248 bits per heavy atom. The van der Waals surface area contributed by atoms with Crippen LogP contribution in [0.4, 0.5) is 34.1 Å². The van der Waals surface area contributed by atoms with Gasteiger partial charge in [0.05, 0.1) is 33.4 Å². The van der Waals surface area contributed by atoms with E-state index in [1.807, 2.05) is 0 Å². The Bertz CT molecular complexity index is 5680. The van der Waals surface area contributed by atoms with Crippen LogP contribution in [0.5, 0.6) is 0 Å². The fourth-order valence-corrected chi connectivity index (χ4v) is 17.2. The van der Waals surface area contributed by atoms with E-state index in [4.69, 9.17) is 9.97 Å². The Hall–Kier alpha value is -11.8. The second kappa shape index (κ2) is 25.4. The van der Waals surface area contributed by atoms with E-state index in [2.05, 4.69) is 414 Å². The number of anilines is 6. The molecule has 0 saturated carbocycles. The van der Waals surface area contributed by atoms with Crippen molar-refractivity contribution in [1.82, 2.24) is 19.1 Å². The van der Waals surface area contributed by atoms with Crippen LogP contribution >= 0.6 is 0 Å². The van der Waals surface area contributed by atoms with Crippen molar-refractivity contribution in [3.05, 3.63) is 320 Å². The third kappa shape index (κ3) is 11.7. The highest BCUT2D eigenvalue weighted by molar-refractivity contribution is 7.00. The number of benzene rings is 12. The number of aromatic nitrogens is 4. The summed E-state index contributed by atoms with van der Waals surface area (Å²) in [7, 11) is 0. The van der Waals surface area contributed by atoms with Crippen LogP contribution in [0.15, 0.2) is 292 Å². The second-order valence-electron chi connectivity index (χ2n) is 35.6. The summed E-state index contributed by atoms with van der Waals surface area (Å²) >= 11 is 0. The van der Waals surface area contributed by atoms with Gasteiger partial charge in [-0.15, -0.1) is 0 Å². The molecule has 534 valence electrons. The number of pyridine rings is 2. The Labute approximate surface area is 643 Å². The molecule has 0 radical (unpaired) electrons. The summed E-state index contributed by atoms with van der Waals surface area (Å²) in [5.41, 5.74) is 33.4. The lowest BCUT2D eigenvalue weighted by Gasteiger charge is -2.46.